The lowest BCUT2D eigenvalue weighted by atomic mass is 10.1. The van der Waals surface area contributed by atoms with Crippen LogP contribution in [0.25, 0.3) is 5.69 Å². The summed E-state index contributed by atoms with van der Waals surface area (Å²) >= 11 is 0. The topological polar surface area (TPSA) is 85.1 Å². The number of para-hydroxylation sites is 1. The van der Waals surface area contributed by atoms with Gasteiger partial charge in [0, 0.05) is 19.2 Å². The van der Waals surface area contributed by atoms with Crippen molar-refractivity contribution in [3.8, 4) is 5.69 Å². The molecule has 0 bridgehead atoms. The first-order valence-corrected chi connectivity index (χ1v) is 8.16. The summed E-state index contributed by atoms with van der Waals surface area (Å²) in [5.74, 6) is -0.117. The van der Waals surface area contributed by atoms with Gasteiger partial charge in [0.25, 0.3) is 5.91 Å². The lowest BCUT2D eigenvalue weighted by molar-refractivity contribution is 0.0963. The Morgan fingerprint density at radius 3 is 2.42 bits per heavy atom. The van der Waals surface area contributed by atoms with Crippen molar-refractivity contribution >= 4 is 5.91 Å². The Bertz CT molecular complexity index is 930. The zero-order chi connectivity index (χ0) is 18.5. The minimum atomic E-state index is -0.294. The van der Waals surface area contributed by atoms with Gasteiger partial charge < -0.3 is 5.32 Å². The zero-order valence-electron chi connectivity index (χ0n) is 14.7. The fraction of sp³-hybridized carbons (Fsp3) is 0.222. The smallest absolute Gasteiger partial charge is 0.355 e. The molecule has 1 aromatic heterocycles. The molecule has 8 heteroatoms. The summed E-state index contributed by atoms with van der Waals surface area (Å²) in [4.78, 5) is 26.0. The van der Waals surface area contributed by atoms with Crippen LogP contribution in [0.5, 0.6) is 0 Å². The molecule has 0 saturated heterocycles. The number of rotatable bonds is 6. The molecular weight excluding hydrogens is 332 g/mol. The van der Waals surface area contributed by atoms with E-state index in [2.05, 4.69) is 15.7 Å². The van der Waals surface area contributed by atoms with Crippen molar-refractivity contribution in [1.29, 1.82) is 0 Å². The van der Waals surface area contributed by atoms with Crippen LogP contribution in [0.4, 0.5) is 0 Å². The van der Waals surface area contributed by atoms with Crippen molar-refractivity contribution in [2.24, 2.45) is 0 Å². The van der Waals surface area contributed by atoms with E-state index in [0.29, 0.717) is 24.5 Å². The molecule has 0 saturated carbocycles. The second kappa shape index (κ2) is 7.75. The van der Waals surface area contributed by atoms with Gasteiger partial charge in [-0.25, -0.2) is 4.79 Å². The van der Waals surface area contributed by atoms with E-state index < -0.39 is 0 Å². The molecule has 0 fully saturated rings. The Labute approximate surface area is 150 Å². The summed E-state index contributed by atoms with van der Waals surface area (Å²) in [5, 5.41) is 10.5. The molecule has 0 spiro atoms. The van der Waals surface area contributed by atoms with E-state index in [4.69, 9.17) is 0 Å². The van der Waals surface area contributed by atoms with Crippen molar-refractivity contribution in [2.45, 2.75) is 13.2 Å². The second-order valence-corrected chi connectivity index (χ2v) is 5.94. The fourth-order valence-electron chi connectivity index (χ4n) is 2.59. The van der Waals surface area contributed by atoms with E-state index in [1.807, 2.05) is 42.3 Å². The number of tetrazole rings is 1. The third-order valence-electron chi connectivity index (χ3n) is 3.91. The maximum Gasteiger partial charge on any atom is 0.369 e. The van der Waals surface area contributed by atoms with E-state index in [1.54, 1.807) is 31.3 Å². The number of hydrogen-bond acceptors (Lipinski definition) is 5. The van der Waals surface area contributed by atoms with Crippen LogP contribution >= 0.6 is 0 Å². The van der Waals surface area contributed by atoms with Crippen molar-refractivity contribution in [2.75, 3.05) is 14.1 Å². The summed E-state index contributed by atoms with van der Waals surface area (Å²) in [6.45, 7) is 0.918. The lowest BCUT2D eigenvalue weighted by Gasteiger charge is -2.15. The summed E-state index contributed by atoms with van der Waals surface area (Å²) in [6.07, 6.45) is 0. The molecule has 0 aliphatic carbocycles. The first-order chi connectivity index (χ1) is 12.6. The largest absolute Gasteiger partial charge is 0.369 e. The van der Waals surface area contributed by atoms with Gasteiger partial charge >= 0.3 is 5.69 Å². The van der Waals surface area contributed by atoms with Crippen LogP contribution in [-0.4, -0.2) is 44.7 Å². The van der Waals surface area contributed by atoms with E-state index >= 15 is 0 Å². The van der Waals surface area contributed by atoms with Gasteiger partial charge in [0.1, 0.15) is 6.67 Å². The SMILES string of the molecule is CNC(=O)c1ccc(CN(C)Cn2nnn(-c3ccccc3)c2=O)cc1. The van der Waals surface area contributed by atoms with Crippen LogP contribution in [0.15, 0.2) is 59.4 Å². The molecule has 0 radical (unpaired) electrons. The molecule has 8 nitrogen and oxygen atoms in total. The molecule has 1 amide bonds. The number of amides is 1. The van der Waals surface area contributed by atoms with Crippen LogP contribution in [-0.2, 0) is 13.2 Å². The summed E-state index contributed by atoms with van der Waals surface area (Å²) in [7, 11) is 3.49. The highest BCUT2D eigenvalue weighted by Crippen LogP contribution is 2.07. The van der Waals surface area contributed by atoms with Gasteiger partial charge in [-0.2, -0.15) is 9.36 Å². The van der Waals surface area contributed by atoms with Crippen molar-refractivity contribution in [3.63, 3.8) is 0 Å². The van der Waals surface area contributed by atoms with E-state index in [1.165, 1.54) is 9.36 Å². The predicted octanol–water partition coefficient (Wildman–Crippen LogP) is 0.878. The van der Waals surface area contributed by atoms with Gasteiger partial charge in [0.15, 0.2) is 0 Å². The normalized spacial score (nSPS) is 10.9. The Morgan fingerprint density at radius 1 is 1.08 bits per heavy atom. The average Bonchev–Trinajstić information content (AvgIpc) is 3.02. The third-order valence-corrected chi connectivity index (χ3v) is 3.91. The third kappa shape index (κ3) is 3.86. The fourth-order valence-corrected chi connectivity index (χ4v) is 2.59. The molecule has 0 unspecified atom stereocenters. The summed E-state index contributed by atoms with van der Waals surface area (Å²) < 4.78 is 2.58. The van der Waals surface area contributed by atoms with Gasteiger partial charge in [-0.15, -0.1) is 0 Å². The van der Waals surface area contributed by atoms with Crippen LogP contribution in [0, 0.1) is 0 Å². The molecule has 3 aromatic rings. The standard InChI is InChI=1S/C18H20N6O2/c1-19-17(25)15-10-8-14(9-11-15)12-22(2)13-23-18(26)24(21-20-23)16-6-4-3-5-7-16/h3-11H,12-13H2,1-2H3,(H,19,25). The molecule has 134 valence electrons. The van der Waals surface area contributed by atoms with Crippen LogP contribution in [0.1, 0.15) is 15.9 Å². The molecular formula is C18H20N6O2. The zero-order valence-corrected chi connectivity index (χ0v) is 14.7. The molecule has 0 aliphatic rings. The van der Waals surface area contributed by atoms with Crippen LogP contribution < -0.4 is 11.0 Å². The summed E-state index contributed by atoms with van der Waals surface area (Å²) in [5.41, 5.74) is 2.03. The number of hydrogen-bond donors (Lipinski definition) is 1. The lowest BCUT2D eigenvalue weighted by Crippen LogP contribution is -2.31. The summed E-state index contributed by atoms with van der Waals surface area (Å²) in [6, 6.07) is 16.5. The quantitative estimate of drug-likeness (QED) is 0.712. The maximum atomic E-state index is 12.4. The number of nitrogens with zero attached hydrogens (tertiary/aromatic N) is 5. The Kier molecular flexibility index (Phi) is 5.23. The Balaban J connectivity index is 1.67. The van der Waals surface area contributed by atoms with Gasteiger partial charge in [0.2, 0.25) is 0 Å². The second-order valence-electron chi connectivity index (χ2n) is 5.94. The number of benzene rings is 2. The minimum absolute atomic E-state index is 0.117. The number of aromatic nitrogens is 4. The van der Waals surface area contributed by atoms with Crippen LogP contribution in [0.3, 0.4) is 0 Å². The van der Waals surface area contributed by atoms with E-state index in [-0.39, 0.29) is 11.6 Å². The monoisotopic (exact) mass is 352 g/mol. The molecule has 1 N–H and O–H groups in total. The molecule has 3 rings (SSSR count). The highest BCUT2D eigenvalue weighted by atomic mass is 16.2. The number of carbonyl (C=O) groups is 1. The molecule has 2 aromatic carbocycles. The minimum Gasteiger partial charge on any atom is -0.355 e. The predicted molar refractivity (Wildman–Crippen MR) is 96.9 cm³/mol. The Hall–Kier alpha value is -3.26. The Morgan fingerprint density at radius 2 is 1.77 bits per heavy atom. The van der Waals surface area contributed by atoms with Gasteiger partial charge in [-0.3, -0.25) is 9.69 Å². The molecule has 1 heterocycles. The average molecular weight is 352 g/mol. The van der Waals surface area contributed by atoms with Crippen molar-refractivity contribution in [1.82, 2.24) is 30.0 Å². The van der Waals surface area contributed by atoms with Gasteiger partial charge in [-0.1, -0.05) is 30.3 Å². The van der Waals surface area contributed by atoms with Crippen LogP contribution in [0.2, 0.25) is 0 Å². The van der Waals surface area contributed by atoms with Crippen molar-refractivity contribution in [3.05, 3.63) is 76.2 Å². The first kappa shape index (κ1) is 17.6. The van der Waals surface area contributed by atoms with E-state index in [9.17, 15) is 9.59 Å². The maximum absolute atomic E-state index is 12.4. The molecule has 0 aliphatic heterocycles. The van der Waals surface area contributed by atoms with Crippen molar-refractivity contribution < 1.29 is 4.79 Å². The molecule has 26 heavy (non-hydrogen) atoms. The number of nitrogens with one attached hydrogen (secondary N) is 1. The highest BCUT2D eigenvalue weighted by molar-refractivity contribution is 5.93. The first-order valence-electron chi connectivity index (χ1n) is 8.16. The molecule has 0 atom stereocenters. The highest BCUT2D eigenvalue weighted by Gasteiger charge is 2.11. The van der Waals surface area contributed by atoms with Gasteiger partial charge in [-0.05, 0) is 47.3 Å². The van der Waals surface area contributed by atoms with Gasteiger partial charge in [0.05, 0.1) is 5.69 Å². The van der Waals surface area contributed by atoms with E-state index in [0.717, 1.165) is 5.56 Å². The number of carbonyl (C=O) groups excluding carboxylic acids is 1.